The lowest BCUT2D eigenvalue weighted by molar-refractivity contribution is -0.299. The fourth-order valence-electron chi connectivity index (χ4n) is 4.27. The van der Waals surface area contributed by atoms with Crippen molar-refractivity contribution in [3.63, 3.8) is 0 Å². The first-order chi connectivity index (χ1) is 19.9. The molecular weight excluding hydrogens is 591 g/mol. The van der Waals surface area contributed by atoms with Gasteiger partial charge in [0.05, 0.1) is 13.2 Å². The molecule has 0 spiro atoms. The van der Waals surface area contributed by atoms with Crippen LogP contribution in [0.3, 0.4) is 0 Å². The number of rotatable bonds is 14. The molecule has 4 N–H and O–H groups in total. The highest BCUT2D eigenvalue weighted by Gasteiger charge is 2.43. The van der Waals surface area contributed by atoms with E-state index in [1.165, 1.54) is 26.5 Å². The number of benzene rings is 2. The van der Waals surface area contributed by atoms with Crippen LogP contribution in [0.4, 0.5) is 4.79 Å². The Hall–Kier alpha value is -2.07. The van der Waals surface area contributed by atoms with Gasteiger partial charge in [-0.25, -0.2) is 4.79 Å². The number of ether oxygens (including phenoxy) is 4. The molecule has 6 atom stereocenters. The maximum absolute atomic E-state index is 12.5. The van der Waals surface area contributed by atoms with Gasteiger partial charge in [-0.15, -0.1) is 11.3 Å². The smallest absolute Gasteiger partial charge is 0.410 e. The lowest BCUT2D eigenvalue weighted by atomic mass is 9.99. The van der Waals surface area contributed by atoms with Crippen molar-refractivity contribution < 1.29 is 44.2 Å². The summed E-state index contributed by atoms with van der Waals surface area (Å²) in [6.45, 7) is 0.104. The molecule has 1 amide bonds. The van der Waals surface area contributed by atoms with Gasteiger partial charge in [0, 0.05) is 36.0 Å². The van der Waals surface area contributed by atoms with Crippen LogP contribution < -0.4 is 4.74 Å². The van der Waals surface area contributed by atoms with Crippen LogP contribution in [0.1, 0.15) is 17.4 Å². The van der Waals surface area contributed by atoms with Crippen LogP contribution in [0.2, 0.25) is 0 Å². The molecular formula is C28H35NO9S3. The minimum absolute atomic E-state index is 0.134. The summed E-state index contributed by atoms with van der Waals surface area (Å²) in [5.74, 6) is 1.42. The summed E-state index contributed by atoms with van der Waals surface area (Å²) in [5, 5.41) is 43.0. The SMILES string of the molecule is CN(CC[C@@H](Oc1cccc2ccccc12)c1cccs1)C(=O)OCSSCCO[C@@H]1O[C@H](CO)[C@H](O)[C@H](O)[C@H]1O. The Morgan fingerprint density at radius 3 is 2.63 bits per heavy atom. The van der Waals surface area contributed by atoms with Gasteiger partial charge in [-0.2, -0.15) is 0 Å². The second kappa shape index (κ2) is 16.0. The Labute approximate surface area is 250 Å². The molecule has 4 rings (SSSR count). The van der Waals surface area contributed by atoms with E-state index in [2.05, 4.69) is 12.1 Å². The molecule has 41 heavy (non-hydrogen) atoms. The number of fused-ring (bicyclic) bond motifs is 1. The Balaban J connectivity index is 1.16. The maximum Gasteiger partial charge on any atom is 0.410 e. The van der Waals surface area contributed by atoms with Gasteiger partial charge in [0.1, 0.15) is 42.2 Å². The summed E-state index contributed by atoms with van der Waals surface area (Å²) in [4.78, 5) is 15.1. The van der Waals surface area contributed by atoms with Crippen LogP contribution in [0.5, 0.6) is 5.75 Å². The van der Waals surface area contributed by atoms with Gasteiger partial charge < -0.3 is 44.3 Å². The molecule has 0 aliphatic carbocycles. The van der Waals surface area contributed by atoms with Crippen molar-refractivity contribution in [1.29, 1.82) is 0 Å². The van der Waals surface area contributed by atoms with Crippen molar-refractivity contribution in [2.75, 3.05) is 38.5 Å². The molecule has 1 aliphatic rings. The third kappa shape index (κ3) is 8.72. The largest absolute Gasteiger partial charge is 0.484 e. The highest BCUT2D eigenvalue weighted by molar-refractivity contribution is 8.76. The molecule has 1 aromatic heterocycles. The van der Waals surface area contributed by atoms with Gasteiger partial charge >= 0.3 is 6.09 Å². The molecule has 13 heteroatoms. The molecule has 224 valence electrons. The zero-order valence-corrected chi connectivity index (χ0v) is 24.9. The third-order valence-corrected chi connectivity index (χ3v) is 9.50. The van der Waals surface area contributed by atoms with Crippen LogP contribution in [0, 0.1) is 0 Å². The normalized spacial score (nSPS) is 23.3. The maximum atomic E-state index is 12.5. The first kappa shape index (κ1) is 31.9. The summed E-state index contributed by atoms with van der Waals surface area (Å²) in [7, 11) is 4.42. The Kier molecular flexibility index (Phi) is 12.4. The lowest BCUT2D eigenvalue weighted by Crippen LogP contribution is -2.59. The van der Waals surface area contributed by atoms with E-state index in [0.29, 0.717) is 18.7 Å². The van der Waals surface area contributed by atoms with Crippen molar-refractivity contribution in [3.05, 3.63) is 64.9 Å². The van der Waals surface area contributed by atoms with E-state index in [4.69, 9.17) is 18.9 Å². The van der Waals surface area contributed by atoms with Crippen LogP contribution in [-0.4, -0.2) is 101 Å². The first-order valence-corrected chi connectivity index (χ1v) is 16.5. The summed E-state index contributed by atoms with van der Waals surface area (Å²) >= 11 is 1.62. The van der Waals surface area contributed by atoms with Crippen molar-refractivity contribution >= 4 is 49.8 Å². The van der Waals surface area contributed by atoms with E-state index in [-0.39, 0.29) is 18.6 Å². The highest BCUT2D eigenvalue weighted by atomic mass is 33.1. The summed E-state index contributed by atoms with van der Waals surface area (Å²) < 4.78 is 22.6. The van der Waals surface area contributed by atoms with Gasteiger partial charge in [-0.3, -0.25) is 0 Å². The monoisotopic (exact) mass is 625 g/mol. The van der Waals surface area contributed by atoms with E-state index in [0.717, 1.165) is 21.4 Å². The number of carbonyl (C=O) groups is 1. The van der Waals surface area contributed by atoms with E-state index < -0.39 is 43.4 Å². The van der Waals surface area contributed by atoms with Gasteiger partial charge in [0.25, 0.3) is 0 Å². The molecule has 10 nitrogen and oxygen atoms in total. The average Bonchev–Trinajstić information content (AvgIpc) is 3.53. The first-order valence-electron chi connectivity index (χ1n) is 13.1. The van der Waals surface area contributed by atoms with Crippen molar-refractivity contribution in [2.24, 2.45) is 0 Å². The molecule has 0 unspecified atom stereocenters. The zero-order valence-electron chi connectivity index (χ0n) is 22.5. The molecule has 1 aliphatic heterocycles. The van der Waals surface area contributed by atoms with Gasteiger partial charge in [-0.05, 0) is 22.9 Å². The van der Waals surface area contributed by atoms with Gasteiger partial charge in [-0.1, -0.05) is 64.1 Å². The minimum Gasteiger partial charge on any atom is -0.484 e. The van der Waals surface area contributed by atoms with Crippen molar-refractivity contribution in [2.45, 2.75) is 43.2 Å². The van der Waals surface area contributed by atoms with Gasteiger partial charge in [0.2, 0.25) is 0 Å². The average molecular weight is 626 g/mol. The van der Waals surface area contributed by atoms with Crippen LogP contribution in [-0.2, 0) is 14.2 Å². The number of aliphatic hydroxyl groups excluding tert-OH is 4. The molecule has 2 aromatic carbocycles. The molecule has 0 radical (unpaired) electrons. The Morgan fingerprint density at radius 1 is 1.05 bits per heavy atom. The molecule has 0 bridgehead atoms. The quantitative estimate of drug-likeness (QED) is 0.119. The number of carbonyl (C=O) groups excluding carboxylic acids is 1. The van der Waals surface area contributed by atoms with E-state index >= 15 is 0 Å². The zero-order chi connectivity index (χ0) is 29.2. The molecule has 1 fully saturated rings. The number of hydrogen-bond acceptors (Lipinski definition) is 12. The number of aliphatic hydroxyl groups is 4. The minimum atomic E-state index is -1.48. The van der Waals surface area contributed by atoms with Crippen molar-refractivity contribution in [3.8, 4) is 5.75 Å². The molecule has 1 saturated heterocycles. The Morgan fingerprint density at radius 2 is 1.85 bits per heavy atom. The summed E-state index contributed by atoms with van der Waals surface area (Å²) in [6.07, 6.45) is -6.57. The number of nitrogens with zero attached hydrogens (tertiary/aromatic N) is 1. The van der Waals surface area contributed by atoms with E-state index in [9.17, 15) is 25.2 Å². The fourth-order valence-corrected chi connectivity index (χ4v) is 6.46. The number of hydrogen-bond donors (Lipinski definition) is 4. The van der Waals surface area contributed by atoms with E-state index in [1.807, 2.05) is 47.8 Å². The number of thiophene rings is 1. The third-order valence-electron chi connectivity index (χ3n) is 6.53. The molecule has 3 aromatic rings. The summed E-state index contributed by atoms with van der Waals surface area (Å²) in [5.41, 5.74) is 0. The predicted octanol–water partition coefficient (Wildman–Crippen LogP) is 3.64. The molecule has 0 saturated carbocycles. The van der Waals surface area contributed by atoms with Crippen LogP contribution in [0.25, 0.3) is 10.8 Å². The topological polar surface area (TPSA) is 138 Å². The van der Waals surface area contributed by atoms with Crippen LogP contribution in [0.15, 0.2) is 60.0 Å². The van der Waals surface area contributed by atoms with Crippen LogP contribution >= 0.6 is 32.9 Å². The molecule has 2 heterocycles. The fraction of sp³-hybridized carbons (Fsp3) is 0.464. The Bertz CT molecular complexity index is 1210. The highest BCUT2D eigenvalue weighted by Crippen LogP contribution is 2.33. The van der Waals surface area contributed by atoms with Gasteiger partial charge in [0.15, 0.2) is 6.29 Å². The standard InChI is InChI=1S/C28H35NO9S3/c1-29(28(34)36-17-41-40-15-13-35-27-26(33)25(32)24(31)22(16-30)38-27)12-11-21(23-10-5-14-39-23)37-20-9-4-7-18-6-2-3-8-19(18)20/h2-10,14,21-22,24-27,30-33H,11-13,15-17H2,1H3/t21-,22-,24+,25+,26-,27-/m1/s1. The second-order valence-corrected chi connectivity index (χ2v) is 12.9. The predicted molar refractivity (Wildman–Crippen MR) is 160 cm³/mol. The van der Waals surface area contributed by atoms with E-state index in [1.54, 1.807) is 18.4 Å². The summed E-state index contributed by atoms with van der Waals surface area (Å²) in [6, 6.07) is 18.1. The lowest BCUT2D eigenvalue weighted by Gasteiger charge is -2.39. The van der Waals surface area contributed by atoms with Crippen molar-refractivity contribution in [1.82, 2.24) is 4.90 Å². The number of amides is 1. The second-order valence-electron chi connectivity index (χ2n) is 9.35.